The SMILES string of the molecule is O=C(O)/C=C/c1cc(O)c(F)cc1Br. The van der Waals surface area contributed by atoms with Crippen LogP contribution in [0.1, 0.15) is 5.56 Å². The smallest absolute Gasteiger partial charge is 0.328 e. The molecule has 0 saturated heterocycles. The zero-order chi connectivity index (χ0) is 10.7. The van der Waals surface area contributed by atoms with Crippen LogP contribution in [0.15, 0.2) is 22.7 Å². The second-order valence-electron chi connectivity index (χ2n) is 2.50. The van der Waals surface area contributed by atoms with Crippen LogP contribution >= 0.6 is 15.9 Å². The molecule has 14 heavy (non-hydrogen) atoms. The van der Waals surface area contributed by atoms with E-state index in [1.807, 2.05) is 0 Å². The molecule has 0 aliphatic carbocycles. The van der Waals surface area contributed by atoms with Crippen LogP contribution in [-0.2, 0) is 4.79 Å². The van der Waals surface area contributed by atoms with Crippen molar-refractivity contribution in [2.24, 2.45) is 0 Å². The summed E-state index contributed by atoms with van der Waals surface area (Å²) in [5, 5.41) is 17.4. The summed E-state index contributed by atoms with van der Waals surface area (Å²) in [6, 6.07) is 2.20. The van der Waals surface area contributed by atoms with Crippen molar-refractivity contribution >= 4 is 28.0 Å². The number of benzene rings is 1. The zero-order valence-corrected chi connectivity index (χ0v) is 8.45. The van der Waals surface area contributed by atoms with Gasteiger partial charge in [0.2, 0.25) is 0 Å². The Morgan fingerprint density at radius 2 is 2.14 bits per heavy atom. The first-order chi connectivity index (χ1) is 6.50. The van der Waals surface area contributed by atoms with E-state index in [9.17, 15) is 9.18 Å². The summed E-state index contributed by atoms with van der Waals surface area (Å²) in [5.74, 6) is -2.39. The number of carbonyl (C=O) groups is 1. The molecule has 0 heterocycles. The first-order valence-electron chi connectivity index (χ1n) is 3.59. The van der Waals surface area contributed by atoms with E-state index in [0.29, 0.717) is 10.0 Å². The molecule has 0 atom stereocenters. The summed E-state index contributed by atoms with van der Waals surface area (Å²) in [5.41, 5.74) is 0.395. The molecule has 0 aliphatic heterocycles. The van der Waals surface area contributed by atoms with Gasteiger partial charge in [-0.1, -0.05) is 15.9 Å². The quantitative estimate of drug-likeness (QED) is 0.803. The number of phenols is 1. The third kappa shape index (κ3) is 2.56. The van der Waals surface area contributed by atoms with Crippen molar-refractivity contribution in [3.05, 3.63) is 34.1 Å². The minimum Gasteiger partial charge on any atom is -0.505 e. The molecule has 1 rings (SSSR count). The summed E-state index contributed by atoms with van der Waals surface area (Å²) in [4.78, 5) is 10.2. The Morgan fingerprint density at radius 3 is 2.71 bits per heavy atom. The van der Waals surface area contributed by atoms with Crippen molar-refractivity contribution in [2.45, 2.75) is 0 Å². The van der Waals surface area contributed by atoms with Crippen molar-refractivity contribution in [3.63, 3.8) is 0 Å². The van der Waals surface area contributed by atoms with E-state index in [1.54, 1.807) is 0 Å². The monoisotopic (exact) mass is 260 g/mol. The number of halogens is 2. The molecule has 0 spiro atoms. The second-order valence-corrected chi connectivity index (χ2v) is 3.35. The molecule has 0 amide bonds. The van der Waals surface area contributed by atoms with E-state index in [0.717, 1.165) is 18.2 Å². The number of aromatic hydroxyl groups is 1. The highest BCUT2D eigenvalue weighted by atomic mass is 79.9. The lowest BCUT2D eigenvalue weighted by atomic mass is 10.2. The molecule has 0 fully saturated rings. The summed E-state index contributed by atoms with van der Waals surface area (Å²) in [7, 11) is 0. The van der Waals surface area contributed by atoms with Gasteiger partial charge in [0.15, 0.2) is 11.6 Å². The number of phenolic OH excluding ortho intramolecular Hbond substituents is 1. The lowest BCUT2D eigenvalue weighted by molar-refractivity contribution is -0.131. The summed E-state index contributed by atoms with van der Waals surface area (Å²) >= 11 is 3.04. The van der Waals surface area contributed by atoms with Crippen molar-refractivity contribution in [2.75, 3.05) is 0 Å². The molecule has 5 heteroatoms. The van der Waals surface area contributed by atoms with Crippen LogP contribution in [-0.4, -0.2) is 16.2 Å². The van der Waals surface area contributed by atoms with Gasteiger partial charge in [0, 0.05) is 10.5 Å². The van der Waals surface area contributed by atoms with E-state index in [-0.39, 0.29) is 0 Å². The lowest BCUT2D eigenvalue weighted by Gasteiger charge is -2.00. The van der Waals surface area contributed by atoms with E-state index in [2.05, 4.69) is 15.9 Å². The third-order valence-electron chi connectivity index (χ3n) is 1.47. The largest absolute Gasteiger partial charge is 0.505 e. The maximum atomic E-state index is 12.7. The third-order valence-corrected chi connectivity index (χ3v) is 2.16. The first kappa shape index (κ1) is 10.7. The normalized spacial score (nSPS) is 10.7. The highest BCUT2D eigenvalue weighted by Gasteiger charge is 2.04. The molecule has 74 valence electrons. The van der Waals surface area contributed by atoms with Gasteiger partial charge in [-0.3, -0.25) is 0 Å². The van der Waals surface area contributed by atoms with Crippen LogP contribution in [0.4, 0.5) is 4.39 Å². The Hall–Kier alpha value is -1.36. The highest BCUT2D eigenvalue weighted by molar-refractivity contribution is 9.10. The zero-order valence-electron chi connectivity index (χ0n) is 6.87. The summed E-state index contributed by atoms with van der Waals surface area (Å²) < 4.78 is 13.1. The maximum absolute atomic E-state index is 12.7. The number of aliphatic carboxylic acids is 1. The van der Waals surface area contributed by atoms with Crippen LogP contribution in [0.2, 0.25) is 0 Å². The fraction of sp³-hybridized carbons (Fsp3) is 0. The Kier molecular flexibility index (Phi) is 3.24. The van der Waals surface area contributed by atoms with E-state index < -0.39 is 17.5 Å². The average molecular weight is 261 g/mol. The fourth-order valence-electron chi connectivity index (χ4n) is 0.843. The number of rotatable bonds is 2. The molecule has 0 aromatic heterocycles. The number of carboxylic acid groups (broad SMARTS) is 1. The van der Waals surface area contributed by atoms with Crippen LogP contribution in [0, 0.1) is 5.82 Å². The number of hydrogen-bond acceptors (Lipinski definition) is 2. The Bertz CT molecular complexity index is 401. The van der Waals surface area contributed by atoms with Crippen LogP contribution < -0.4 is 0 Å². The van der Waals surface area contributed by atoms with E-state index in [4.69, 9.17) is 10.2 Å². The van der Waals surface area contributed by atoms with Gasteiger partial charge in [-0.15, -0.1) is 0 Å². The van der Waals surface area contributed by atoms with E-state index in [1.165, 1.54) is 6.08 Å². The van der Waals surface area contributed by atoms with Gasteiger partial charge in [0.1, 0.15) is 0 Å². The average Bonchev–Trinajstić information content (AvgIpc) is 2.09. The molecular weight excluding hydrogens is 255 g/mol. The van der Waals surface area contributed by atoms with Crippen molar-refractivity contribution in [1.82, 2.24) is 0 Å². The molecule has 2 N–H and O–H groups in total. The molecule has 0 unspecified atom stereocenters. The van der Waals surface area contributed by atoms with E-state index >= 15 is 0 Å². The fourth-order valence-corrected chi connectivity index (χ4v) is 1.29. The Balaban J connectivity index is 3.10. The lowest BCUT2D eigenvalue weighted by Crippen LogP contribution is -1.87. The molecule has 3 nitrogen and oxygen atoms in total. The standard InChI is InChI=1S/C9H6BrFO3/c10-6-4-7(11)8(12)3-5(6)1-2-9(13)14/h1-4,12H,(H,13,14)/b2-1+. The summed E-state index contributed by atoms with van der Waals surface area (Å²) in [6.45, 7) is 0. The van der Waals surface area contributed by atoms with Crippen LogP contribution in [0.3, 0.4) is 0 Å². The molecule has 0 bridgehead atoms. The molecule has 1 aromatic rings. The van der Waals surface area contributed by atoms with Gasteiger partial charge in [-0.05, 0) is 23.8 Å². The number of carboxylic acids is 1. The molecule has 0 aliphatic rings. The molecule has 0 saturated carbocycles. The summed E-state index contributed by atoms with van der Waals surface area (Å²) in [6.07, 6.45) is 2.16. The predicted molar refractivity (Wildman–Crippen MR) is 52.4 cm³/mol. The predicted octanol–water partition coefficient (Wildman–Crippen LogP) is 2.39. The highest BCUT2D eigenvalue weighted by Crippen LogP contribution is 2.26. The van der Waals surface area contributed by atoms with Crippen LogP contribution in [0.25, 0.3) is 6.08 Å². The van der Waals surface area contributed by atoms with Crippen molar-refractivity contribution in [3.8, 4) is 5.75 Å². The molecule has 0 radical (unpaired) electrons. The Labute approximate surface area is 87.6 Å². The number of hydrogen-bond donors (Lipinski definition) is 2. The molecule has 1 aromatic carbocycles. The van der Waals surface area contributed by atoms with Gasteiger partial charge in [0.25, 0.3) is 0 Å². The molecular formula is C9H6BrFO3. The Morgan fingerprint density at radius 1 is 1.50 bits per heavy atom. The minimum atomic E-state index is -1.11. The topological polar surface area (TPSA) is 57.5 Å². The van der Waals surface area contributed by atoms with Gasteiger partial charge >= 0.3 is 5.97 Å². The van der Waals surface area contributed by atoms with Gasteiger partial charge in [0.05, 0.1) is 0 Å². The van der Waals surface area contributed by atoms with Gasteiger partial charge < -0.3 is 10.2 Å². The minimum absolute atomic E-state index is 0.380. The maximum Gasteiger partial charge on any atom is 0.328 e. The second kappa shape index (κ2) is 4.23. The van der Waals surface area contributed by atoms with Gasteiger partial charge in [-0.2, -0.15) is 0 Å². The van der Waals surface area contributed by atoms with Gasteiger partial charge in [-0.25, -0.2) is 9.18 Å². The van der Waals surface area contributed by atoms with Crippen LogP contribution in [0.5, 0.6) is 5.75 Å². The first-order valence-corrected chi connectivity index (χ1v) is 4.39. The van der Waals surface area contributed by atoms with Crippen molar-refractivity contribution < 1.29 is 19.4 Å². The van der Waals surface area contributed by atoms with Crippen molar-refractivity contribution in [1.29, 1.82) is 0 Å².